The van der Waals surface area contributed by atoms with Crippen molar-refractivity contribution >= 4 is 15.8 Å². The summed E-state index contributed by atoms with van der Waals surface area (Å²) >= 11 is 0. The first kappa shape index (κ1) is 15.4. The molecule has 1 aliphatic rings. The fraction of sp³-hybridized carbons (Fsp3) is 0.900. The highest BCUT2D eigenvalue weighted by Crippen LogP contribution is 2.14. The lowest BCUT2D eigenvalue weighted by atomic mass is 10.2. The molecule has 0 bridgehead atoms. The van der Waals surface area contributed by atoms with E-state index in [1.165, 1.54) is 0 Å². The molecule has 2 N–H and O–H groups in total. The molecule has 1 atom stereocenters. The third kappa shape index (κ3) is 5.30. The van der Waals surface area contributed by atoms with Crippen molar-refractivity contribution in [2.24, 2.45) is 0 Å². The average molecular weight is 281 g/mol. The van der Waals surface area contributed by atoms with Crippen LogP contribution in [-0.4, -0.2) is 80.0 Å². The molecule has 1 heterocycles. The van der Waals surface area contributed by atoms with Crippen LogP contribution in [0.4, 0.5) is 0 Å². The molecule has 1 rings (SSSR count). The summed E-state index contributed by atoms with van der Waals surface area (Å²) < 4.78 is 28.1. The van der Waals surface area contributed by atoms with Crippen LogP contribution in [0.5, 0.6) is 0 Å². The van der Waals surface area contributed by atoms with E-state index in [1.807, 2.05) is 4.90 Å². The van der Waals surface area contributed by atoms with E-state index in [-0.39, 0.29) is 31.1 Å². The summed E-state index contributed by atoms with van der Waals surface area (Å²) in [4.78, 5) is 12.5. The molecular formula is C10H19NO6S. The molecule has 1 aliphatic heterocycles. The zero-order valence-electron chi connectivity index (χ0n) is 10.1. The van der Waals surface area contributed by atoms with Crippen LogP contribution in [0, 0.1) is 0 Å². The second kappa shape index (κ2) is 7.03. The van der Waals surface area contributed by atoms with Crippen molar-refractivity contribution < 1.29 is 28.2 Å². The minimum Gasteiger partial charge on any atom is -0.481 e. The number of carboxylic acids is 1. The number of aliphatic hydroxyl groups is 1. The van der Waals surface area contributed by atoms with Gasteiger partial charge in [0.15, 0.2) is 9.84 Å². The Balaban J connectivity index is 2.50. The highest BCUT2D eigenvalue weighted by molar-refractivity contribution is 7.91. The molecule has 0 aromatic heterocycles. The highest BCUT2D eigenvalue weighted by Gasteiger charge is 2.32. The SMILES string of the molecule is O=C(O)CC1CS(=O)(=O)CCN1CCOCCO. The van der Waals surface area contributed by atoms with Crippen LogP contribution in [-0.2, 0) is 19.4 Å². The minimum atomic E-state index is -3.13. The molecule has 0 aromatic carbocycles. The molecule has 1 fully saturated rings. The van der Waals surface area contributed by atoms with E-state index < -0.39 is 21.8 Å². The predicted molar refractivity (Wildman–Crippen MR) is 64.2 cm³/mol. The van der Waals surface area contributed by atoms with Crippen molar-refractivity contribution in [3.63, 3.8) is 0 Å². The van der Waals surface area contributed by atoms with Gasteiger partial charge < -0.3 is 14.9 Å². The molecule has 8 heteroatoms. The van der Waals surface area contributed by atoms with Crippen LogP contribution in [0.15, 0.2) is 0 Å². The lowest BCUT2D eigenvalue weighted by Crippen LogP contribution is -2.50. The summed E-state index contributed by atoms with van der Waals surface area (Å²) in [6.45, 7) is 1.34. The van der Waals surface area contributed by atoms with Crippen LogP contribution in [0.3, 0.4) is 0 Å². The Kier molecular flexibility index (Phi) is 6.00. The molecule has 7 nitrogen and oxygen atoms in total. The van der Waals surface area contributed by atoms with Crippen LogP contribution < -0.4 is 0 Å². The number of sulfone groups is 1. The molecule has 0 spiro atoms. The van der Waals surface area contributed by atoms with Gasteiger partial charge >= 0.3 is 5.97 Å². The van der Waals surface area contributed by atoms with E-state index in [4.69, 9.17) is 14.9 Å². The van der Waals surface area contributed by atoms with Gasteiger partial charge in [0.2, 0.25) is 0 Å². The maximum atomic E-state index is 11.5. The Morgan fingerprint density at radius 3 is 2.72 bits per heavy atom. The van der Waals surface area contributed by atoms with Gasteiger partial charge in [-0.15, -0.1) is 0 Å². The molecule has 18 heavy (non-hydrogen) atoms. The van der Waals surface area contributed by atoms with E-state index >= 15 is 0 Å². The van der Waals surface area contributed by atoms with Gasteiger partial charge in [-0.25, -0.2) is 8.42 Å². The monoisotopic (exact) mass is 281 g/mol. The number of nitrogens with zero attached hydrogens (tertiary/aromatic N) is 1. The first-order chi connectivity index (χ1) is 8.44. The van der Waals surface area contributed by atoms with Gasteiger partial charge in [0.1, 0.15) is 0 Å². The predicted octanol–water partition coefficient (Wildman–Crippen LogP) is -1.43. The molecule has 1 unspecified atom stereocenters. The number of hydrogen-bond donors (Lipinski definition) is 2. The van der Waals surface area contributed by atoms with Crippen molar-refractivity contribution in [2.75, 3.05) is 44.4 Å². The minimum absolute atomic E-state index is 0.0586. The van der Waals surface area contributed by atoms with Gasteiger partial charge in [0, 0.05) is 19.1 Å². The van der Waals surface area contributed by atoms with Crippen molar-refractivity contribution in [1.82, 2.24) is 4.90 Å². The van der Waals surface area contributed by atoms with Crippen LogP contribution in [0.2, 0.25) is 0 Å². The Hall–Kier alpha value is -0.700. The van der Waals surface area contributed by atoms with Gasteiger partial charge in [0.05, 0.1) is 37.7 Å². The number of ether oxygens (including phenoxy) is 1. The van der Waals surface area contributed by atoms with E-state index in [0.29, 0.717) is 19.7 Å². The molecule has 1 saturated heterocycles. The second-order valence-electron chi connectivity index (χ2n) is 4.24. The highest BCUT2D eigenvalue weighted by atomic mass is 32.2. The number of hydrogen-bond acceptors (Lipinski definition) is 6. The summed E-state index contributed by atoms with van der Waals surface area (Å²) in [6, 6.07) is -0.487. The first-order valence-corrected chi connectivity index (χ1v) is 7.61. The van der Waals surface area contributed by atoms with Gasteiger partial charge in [0.25, 0.3) is 0 Å². The number of aliphatic hydroxyl groups excluding tert-OH is 1. The molecular weight excluding hydrogens is 262 g/mol. The van der Waals surface area contributed by atoms with Crippen LogP contribution >= 0.6 is 0 Å². The summed E-state index contributed by atoms with van der Waals surface area (Å²) in [5.41, 5.74) is 0. The standard InChI is InChI=1S/C10H19NO6S/c12-3-5-17-4-1-11-2-6-18(15,16)8-9(11)7-10(13)14/h9,12H,1-8H2,(H,13,14). The summed E-state index contributed by atoms with van der Waals surface area (Å²) in [6.07, 6.45) is -0.181. The van der Waals surface area contributed by atoms with E-state index in [0.717, 1.165) is 0 Å². The van der Waals surface area contributed by atoms with Crippen molar-refractivity contribution in [1.29, 1.82) is 0 Å². The second-order valence-corrected chi connectivity index (χ2v) is 6.47. The zero-order valence-corrected chi connectivity index (χ0v) is 10.9. The van der Waals surface area contributed by atoms with E-state index in [1.54, 1.807) is 0 Å². The largest absolute Gasteiger partial charge is 0.481 e. The molecule has 0 saturated carbocycles. The van der Waals surface area contributed by atoms with Crippen molar-refractivity contribution in [3.8, 4) is 0 Å². The zero-order chi connectivity index (χ0) is 13.6. The van der Waals surface area contributed by atoms with Gasteiger partial charge in [-0.2, -0.15) is 0 Å². The molecule has 0 amide bonds. The lowest BCUT2D eigenvalue weighted by molar-refractivity contribution is -0.138. The third-order valence-corrected chi connectivity index (χ3v) is 4.52. The third-order valence-electron chi connectivity index (χ3n) is 2.82. The first-order valence-electron chi connectivity index (χ1n) is 5.79. The smallest absolute Gasteiger partial charge is 0.304 e. The Morgan fingerprint density at radius 2 is 2.11 bits per heavy atom. The molecule has 0 aromatic rings. The maximum Gasteiger partial charge on any atom is 0.304 e. The Morgan fingerprint density at radius 1 is 1.39 bits per heavy atom. The number of carboxylic acid groups (broad SMARTS) is 1. The molecule has 106 valence electrons. The topological polar surface area (TPSA) is 104 Å². The fourth-order valence-electron chi connectivity index (χ4n) is 1.95. The lowest BCUT2D eigenvalue weighted by Gasteiger charge is -2.34. The van der Waals surface area contributed by atoms with Gasteiger partial charge in [-0.3, -0.25) is 9.69 Å². The average Bonchev–Trinajstić information content (AvgIpc) is 2.25. The fourth-order valence-corrected chi connectivity index (χ4v) is 3.55. The molecule has 0 aliphatic carbocycles. The van der Waals surface area contributed by atoms with Crippen molar-refractivity contribution in [3.05, 3.63) is 0 Å². The van der Waals surface area contributed by atoms with Crippen LogP contribution in [0.1, 0.15) is 6.42 Å². The number of carbonyl (C=O) groups is 1. The normalized spacial score (nSPS) is 23.9. The van der Waals surface area contributed by atoms with E-state index in [2.05, 4.69) is 0 Å². The summed E-state index contributed by atoms with van der Waals surface area (Å²) in [5.74, 6) is -1.05. The van der Waals surface area contributed by atoms with E-state index in [9.17, 15) is 13.2 Å². The summed E-state index contributed by atoms with van der Waals surface area (Å²) in [7, 11) is -3.13. The molecule has 0 radical (unpaired) electrons. The number of rotatable bonds is 7. The van der Waals surface area contributed by atoms with Crippen molar-refractivity contribution in [2.45, 2.75) is 12.5 Å². The Bertz CT molecular complexity index is 369. The maximum absolute atomic E-state index is 11.5. The summed E-state index contributed by atoms with van der Waals surface area (Å²) in [5, 5.41) is 17.3. The van der Waals surface area contributed by atoms with Gasteiger partial charge in [-0.1, -0.05) is 0 Å². The quantitative estimate of drug-likeness (QED) is 0.551. The Labute approximate surface area is 106 Å². The van der Waals surface area contributed by atoms with Gasteiger partial charge in [-0.05, 0) is 0 Å². The number of aliphatic carboxylic acids is 1. The van der Waals surface area contributed by atoms with Crippen LogP contribution in [0.25, 0.3) is 0 Å².